The van der Waals surface area contributed by atoms with Gasteiger partial charge in [-0.25, -0.2) is 0 Å². The molecular weight excluding hydrogens is 569 g/mol. The summed E-state index contributed by atoms with van der Waals surface area (Å²) in [4.78, 5) is 9.19. The van der Waals surface area contributed by atoms with Gasteiger partial charge in [-0.2, -0.15) is 0 Å². The highest BCUT2D eigenvalue weighted by molar-refractivity contribution is 7.74. The molecule has 0 unspecified atom stereocenters. The molecule has 40 heavy (non-hydrogen) atoms. The first-order valence-electron chi connectivity index (χ1n) is 15.2. The SMILES string of the molecule is CC.CC.CCN(C)CCCCN(C)c1c(C(C)(C)C)c(=S)c1=S.CCN(C)CCCCN(C)c1cc(=S)c1=S. The third kappa shape index (κ3) is 14.0. The maximum atomic E-state index is 5.44. The van der Waals surface area contributed by atoms with E-state index in [1.54, 1.807) is 0 Å². The predicted octanol–water partition coefficient (Wildman–Crippen LogP) is 9.73. The zero-order valence-electron chi connectivity index (χ0n) is 28.1. The molecule has 0 aliphatic heterocycles. The molecule has 0 atom stereocenters. The summed E-state index contributed by atoms with van der Waals surface area (Å²) >= 11 is 21.1. The van der Waals surface area contributed by atoms with Gasteiger partial charge in [-0.05, 0) is 77.4 Å². The van der Waals surface area contributed by atoms with E-state index in [-0.39, 0.29) is 5.41 Å². The molecule has 4 nitrogen and oxygen atoms in total. The van der Waals surface area contributed by atoms with Crippen molar-refractivity contribution in [1.82, 2.24) is 9.80 Å². The van der Waals surface area contributed by atoms with Crippen molar-refractivity contribution >= 4 is 60.2 Å². The average Bonchev–Trinajstić information content (AvgIpc) is 2.95. The standard InChI is InChI=1S/C16H28N2S2.C12H20N2S2.2C2H6/c1-7-17(5)10-8-9-11-18(6)13-12(16(2,3)4)14(19)15(13)20;1-4-13(2)7-5-6-8-14(3)10-9-11(15)12(10)16;2*1-2/h7-11H2,1-6H3;9H,4-8H2,1-3H3;2*1-2H3. The first-order valence-corrected chi connectivity index (χ1v) is 16.8. The largest absolute Gasteiger partial charge is 0.373 e. The van der Waals surface area contributed by atoms with Crippen LogP contribution in [0.25, 0.3) is 0 Å². The number of rotatable bonds is 14. The lowest BCUT2D eigenvalue weighted by Crippen LogP contribution is -2.28. The summed E-state index contributed by atoms with van der Waals surface area (Å²) in [7, 11) is 8.55. The molecule has 0 N–H and O–H groups in total. The normalized spacial score (nSPS) is 11.0. The van der Waals surface area contributed by atoms with E-state index in [0.717, 1.165) is 49.9 Å². The maximum absolute atomic E-state index is 5.44. The van der Waals surface area contributed by atoms with Crippen LogP contribution in [0.4, 0.5) is 11.4 Å². The van der Waals surface area contributed by atoms with Crippen LogP contribution in [0.1, 0.15) is 93.6 Å². The zero-order valence-corrected chi connectivity index (χ0v) is 31.3. The molecule has 0 amide bonds. The lowest BCUT2D eigenvalue weighted by molar-refractivity contribution is 0.344. The Balaban J connectivity index is 0. The van der Waals surface area contributed by atoms with Crippen molar-refractivity contribution in [2.45, 2.75) is 93.4 Å². The van der Waals surface area contributed by atoms with Gasteiger partial charge in [-0.3, -0.25) is 0 Å². The second kappa shape index (κ2) is 22.0. The Morgan fingerprint density at radius 1 is 0.600 bits per heavy atom. The van der Waals surface area contributed by atoms with Crippen molar-refractivity contribution in [1.29, 1.82) is 0 Å². The van der Waals surface area contributed by atoms with Crippen LogP contribution in [-0.4, -0.2) is 77.3 Å². The highest BCUT2D eigenvalue weighted by atomic mass is 32.1. The number of hydrogen-bond donors (Lipinski definition) is 0. The molecule has 0 aliphatic rings. The molecule has 0 aliphatic carbocycles. The molecule has 0 heterocycles. The number of hydrogen-bond acceptors (Lipinski definition) is 8. The minimum absolute atomic E-state index is 0.0887. The van der Waals surface area contributed by atoms with E-state index in [0.29, 0.717) is 0 Å². The maximum Gasteiger partial charge on any atom is 0.0798 e. The fourth-order valence-electron chi connectivity index (χ4n) is 4.04. The predicted molar refractivity (Wildman–Crippen MR) is 194 cm³/mol. The first-order chi connectivity index (χ1) is 18.8. The Bertz CT molecular complexity index is 1070. The van der Waals surface area contributed by atoms with Gasteiger partial charge in [-0.1, -0.05) is 111 Å². The highest BCUT2D eigenvalue weighted by Gasteiger charge is 2.27. The van der Waals surface area contributed by atoms with Crippen LogP contribution in [0.5, 0.6) is 0 Å². The van der Waals surface area contributed by atoms with Gasteiger partial charge < -0.3 is 19.6 Å². The van der Waals surface area contributed by atoms with Gasteiger partial charge in [0, 0.05) is 32.7 Å². The zero-order chi connectivity index (χ0) is 31.6. The van der Waals surface area contributed by atoms with Gasteiger partial charge in [0.1, 0.15) is 0 Å². The lowest BCUT2D eigenvalue weighted by Gasteiger charge is -2.32. The van der Waals surface area contributed by atoms with Gasteiger partial charge in [0.05, 0.1) is 29.4 Å². The monoisotopic (exact) mass is 628 g/mol. The van der Waals surface area contributed by atoms with E-state index in [2.05, 4.69) is 82.4 Å². The van der Waals surface area contributed by atoms with Crippen LogP contribution in [0.3, 0.4) is 0 Å². The van der Waals surface area contributed by atoms with E-state index < -0.39 is 0 Å². The summed E-state index contributed by atoms with van der Waals surface area (Å²) in [5.41, 5.74) is 3.71. The Morgan fingerprint density at radius 3 is 1.35 bits per heavy atom. The molecule has 0 saturated carbocycles. The summed E-state index contributed by atoms with van der Waals surface area (Å²) < 4.78 is 3.49. The fourth-order valence-corrected chi connectivity index (χ4v) is 5.39. The summed E-state index contributed by atoms with van der Waals surface area (Å²) in [6.45, 7) is 25.7. The minimum Gasteiger partial charge on any atom is -0.373 e. The van der Waals surface area contributed by atoms with Crippen molar-refractivity contribution in [3.63, 3.8) is 0 Å². The van der Waals surface area contributed by atoms with Gasteiger partial charge in [0.2, 0.25) is 0 Å². The molecule has 2 aromatic rings. The van der Waals surface area contributed by atoms with Gasteiger partial charge in [0.25, 0.3) is 0 Å². The Labute approximate surface area is 269 Å². The van der Waals surface area contributed by atoms with Crippen LogP contribution in [0.15, 0.2) is 6.07 Å². The number of nitrogens with zero attached hydrogens (tertiary/aromatic N) is 4. The molecule has 0 bridgehead atoms. The molecule has 232 valence electrons. The Kier molecular flexibility index (Phi) is 22.8. The molecule has 0 aromatic heterocycles. The minimum atomic E-state index is 0.0887. The summed E-state index contributed by atoms with van der Waals surface area (Å²) in [6, 6.07) is 2.00. The summed E-state index contributed by atoms with van der Waals surface area (Å²) in [5, 5.41) is 0. The first kappa shape index (κ1) is 41.5. The average molecular weight is 629 g/mol. The Morgan fingerprint density at radius 2 is 1.00 bits per heavy atom. The second-order valence-corrected chi connectivity index (χ2v) is 12.6. The topological polar surface area (TPSA) is 13.0 Å². The Hall–Kier alpha value is -0.640. The third-order valence-electron chi connectivity index (χ3n) is 6.80. The van der Waals surface area contributed by atoms with Crippen LogP contribution < -0.4 is 9.80 Å². The van der Waals surface area contributed by atoms with E-state index in [1.165, 1.54) is 50.0 Å². The summed E-state index contributed by atoms with van der Waals surface area (Å²) in [6.07, 6.45) is 4.86. The molecule has 0 spiro atoms. The van der Waals surface area contributed by atoms with Crippen molar-refractivity contribution in [3.8, 4) is 0 Å². The van der Waals surface area contributed by atoms with E-state index in [1.807, 2.05) is 33.8 Å². The van der Waals surface area contributed by atoms with E-state index >= 15 is 0 Å². The van der Waals surface area contributed by atoms with Crippen molar-refractivity contribution in [3.05, 3.63) is 29.7 Å². The number of unbranched alkanes of at least 4 members (excludes halogenated alkanes) is 2. The number of anilines is 2. The molecule has 0 saturated heterocycles. The molecule has 2 rings (SSSR count). The van der Waals surface area contributed by atoms with Crippen molar-refractivity contribution in [2.75, 3.05) is 77.3 Å². The molecule has 0 fully saturated rings. The van der Waals surface area contributed by atoms with Crippen LogP contribution in [0, 0.1) is 18.0 Å². The molecule has 8 heteroatoms. The molecule has 2 aromatic carbocycles. The molecule has 0 radical (unpaired) electrons. The van der Waals surface area contributed by atoms with E-state index in [4.69, 9.17) is 48.9 Å². The highest BCUT2D eigenvalue weighted by Crippen LogP contribution is 2.39. The lowest BCUT2D eigenvalue weighted by atomic mass is 9.83. The molecular formula is C32H60N4S4. The van der Waals surface area contributed by atoms with E-state index in [9.17, 15) is 0 Å². The fraction of sp³-hybridized carbons (Fsp3) is 0.750. The van der Waals surface area contributed by atoms with Gasteiger partial charge >= 0.3 is 0 Å². The van der Waals surface area contributed by atoms with Gasteiger partial charge in [0.15, 0.2) is 0 Å². The van der Waals surface area contributed by atoms with Crippen LogP contribution in [0.2, 0.25) is 0 Å². The second-order valence-electron chi connectivity index (χ2n) is 10.9. The summed E-state index contributed by atoms with van der Waals surface area (Å²) in [5.74, 6) is 0. The van der Waals surface area contributed by atoms with Gasteiger partial charge in [-0.15, -0.1) is 0 Å². The van der Waals surface area contributed by atoms with Crippen molar-refractivity contribution < 1.29 is 0 Å². The van der Waals surface area contributed by atoms with Crippen LogP contribution in [-0.2, 0) is 5.41 Å². The van der Waals surface area contributed by atoms with Crippen molar-refractivity contribution in [2.24, 2.45) is 0 Å². The third-order valence-corrected chi connectivity index (χ3v) is 8.61. The smallest absolute Gasteiger partial charge is 0.0798 e. The quantitative estimate of drug-likeness (QED) is 0.150. The van der Waals surface area contributed by atoms with Crippen LogP contribution >= 0.6 is 48.9 Å².